The molecule has 0 bridgehead atoms. The van der Waals surface area contributed by atoms with Crippen LogP contribution in [0.25, 0.3) is 0 Å². The summed E-state index contributed by atoms with van der Waals surface area (Å²) in [5, 5.41) is 9.60. The molecule has 1 aromatic rings. The van der Waals surface area contributed by atoms with E-state index in [9.17, 15) is 5.11 Å². The van der Waals surface area contributed by atoms with E-state index in [1.165, 1.54) is 5.69 Å². The number of methoxy groups -OCH3 is 1. The quantitative estimate of drug-likeness (QED) is 0.837. The molecule has 1 aromatic carbocycles. The fourth-order valence-electron chi connectivity index (χ4n) is 2.86. The molecule has 0 aromatic heterocycles. The largest absolute Gasteiger partial charge is 0.495 e. The van der Waals surface area contributed by atoms with E-state index >= 15 is 0 Å². The Labute approximate surface area is 128 Å². The summed E-state index contributed by atoms with van der Waals surface area (Å²) in [6.07, 6.45) is 2.74. The number of ether oxygens (including phenoxy) is 1. The first kappa shape index (κ1) is 16.1. The lowest BCUT2D eigenvalue weighted by molar-refractivity contribution is 0.148. The SMILES string of the molecule is CCC(O)CCCN1CCN(c2ccccc2OC)CC1. The van der Waals surface area contributed by atoms with Crippen LogP contribution in [0.15, 0.2) is 24.3 Å². The molecule has 0 saturated carbocycles. The highest BCUT2D eigenvalue weighted by Crippen LogP contribution is 2.28. The molecule has 1 saturated heterocycles. The van der Waals surface area contributed by atoms with E-state index in [4.69, 9.17) is 4.74 Å². The molecular formula is C17H28N2O2. The summed E-state index contributed by atoms with van der Waals surface area (Å²) in [5.41, 5.74) is 1.20. The lowest BCUT2D eigenvalue weighted by Gasteiger charge is -2.36. The summed E-state index contributed by atoms with van der Waals surface area (Å²) in [7, 11) is 1.73. The van der Waals surface area contributed by atoms with Gasteiger partial charge < -0.3 is 14.7 Å². The summed E-state index contributed by atoms with van der Waals surface area (Å²) in [4.78, 5) is 4.89. The smallest absolute Gasteiger partial charge is 0.142 e. The number of rotatable bonds is 7. The molecule has 0 radical (unpaired) electrons. The van der Waals surface area contributed by atoms with Crippen LogP contribution in [0, 0.1) is 0 Å². The minimum Gasteiger partial charge on any atom is -0.495 e. The molecular weight excluding hydrogens is 264 g/mol. The Morgan fingerprint density at radius 2 is 1.90 bits per heavy atom. The molecule has 1 aliphatic rings. The van der Waals surface area contributed by atoms with Crippen LogP contribution in [-0.2, 0) is 0 Å². The fraction of sp³-hybridized carbons (Fsp3) is 0.647. The summed E-state index contributed by atoms with van der Waals surface area (Å²) >= 11 is 0. The van der Waals surface area contributed by atoms with Crippen LogP contribution in [0.3, 0.4) is 0 Å². The maximum absolute atomic E-state index is 9.60. The number of anilines is 1. The van der Waals surface area contributed by atoms with E-state index in [-0.39, 0.29) is 6.10 Å². The molecule has 118 valence electrons. The number of nitrogens with zero attached hydrogens (tertiary/aromatic N) is 2. The minimum atomic E-state index is -0.125. The average molecular weight is 292 g/mol. The minimum absolute atomic E-state index is 0.125. The van der Waals surface area contributed by atoms with Gasteiger partial charge in [0.05, 0.1) is 18.9 Å². The number of hydrogen-bond donors (Lipinski definition) is 1. The third kappa shape index (κ3) is 4.61. The normalized spacial score (nSPS) is 17.8. The van der Waals surface area contributed by atoms with Gasteiger partial charge in [0.25, 0.3) is 0 Å². The first-order chi connectivity index (χ1) is 10.2. The Bertz CT molecular complexity index is 417. The Morgan fingerprint density at radius 3 is 2.57 bits per heavy atom. The van der Waals surface area contributed by atoms with Gasteiger partial charge in [0, 0.05) is 26.2 Å². The van der Waals surface area contributed by atoms with Crippen molar-refractivity contribution in [3.05, 3.63) is 24.3 Å². The number of aliphatic hydroxyl groups is 1. The van der Waals surface area contributed by atoms with Gasteiger partial charge >= 0.3 is 0 Å². The molecule has 0 aliphatic carbocycles. The highest BCUT2D eigenvalue weighted by atomic mass is 16.5. The Kier molecular flexibility index (Phi) is 6.33. The average Bonchev–Trinajstić information content (AvgIpc) is 2.55. The number of benzene rings is 1. The Balaban J connectivity index is 1.78. The summed E-state index contributed by atoms with van der Waals surface area (Å²) in [5.74, 6) is 0.956. The van der Waals surface area contributed by atoms with E-state index in [1.54, 1.807) is 7.11 Å². The van der Waals surface area contributed by atoms with Crippen molar-refractivity contribution >= 4 is 5.69 Å². The maximum atomic E-state index is 9.60. The van der Waals surface area contributed by atoms with Crippen LogP contribution in [0.4, 0.5) is 5.69 Å². The standard InChI is InChI=1S/C17H28N2O2/c1-3-15(20)7-6-10-18-11-13-19(14-12-18)16-8-4-5-9-17(16)21-2/h4-5,8-9,15,20H,3,6-7,10-14H2,1-2H3. The lowest BCUT2D eigenvalue weighted by Crippen LogP contribution is -2.46. The molecule has 0 spiro atoms. The number of hydrogen-bond acceptors (Lipinski definition) is 4. The maximum Gasteiger partial charge on any atom is 0.142 e. The van der Waals surface area contributed by atoms with Crippen molar-refractivity contribution in [2.75, 3.05) is 44.7 Å². The first-order valence-corrected chi connectivity index (χ1v) is 8.03. The van der Waals surface area contributed by atoms with Crippen molar-refractivity contribution in [3.8, 4) is 5.75 Å². The molecule has 1 heterocycles. The van der Waals surface area contributed by atoms with Crippen molar-refractivity contribution in [1.82, 2.24) is 4.90 Å². The van der Waals surface area contributed by atoms with Gasteiger partial charge in [-0.25, -0.2) is 0 Å². The van der Waals surface area contributed by atoms with E-state index in [1.807, 2.05) is 19.1 Å². The number of aliphatic hydroxyl groups excluding tert-OH is 1. The van der Waals surface area contributed by atoms with Crippen LogP contribution in [0.1, 0.15) is 26.2 Å². The van der Waals surface area contributed by atoms with Gasteiger partial charge in [0.15, 0.2) is 0 Å². The Morgan fingerprint density at radius 1 is 1.19 bits per heavy atom. The molecule has 4 heteroatoms. The topological polar surface area (TPSA) is 35.9 Å². The Hall–Kier alpha value is -1.26. The van der Waals surface area contributed by atoms with Gasteiger partial charge in [0.1, 0.15) is 5.75 Å². The number of piperazine rings is 1. The summed E-state index contributed by atoms with van der Waals surface area (Å²) < 4.78 is 5.45. The van der Waals surface area contributed by atoms with Crippen molar-refractivity contribution in [1.29, 1.82) is 0 Å². The molecule has 1 N–H and O–H groups in total. The van der Waals surface area contributed by atoms with Gasteiger partial charge in [-0.15, -0.1) is 0 Å². The molecule has 1 atom stereocenters. The molecule has 0 amide bonds. The van der Waals surface area contributed by atoms with Crippen LogP contribution in [0.5, 0.6) is 5.75 Å². The molecule has 1 aliphatic heterocycles. The van der Waals surface area contributed by atoms with E-state index in [2.05, 4.69) is 21.9 Å². The van der Waals surface area contributed by atoms with E-state index in [0.717, 1.165) is 57.7 Å². The van der Waals surface area contributed by atoms with Gasteiger partial charge in [-0.2, -0.15) is 0 Å². The van der Waals surface area contributed by atoms with Crippen molar-refractivity contribution in [3.63, 3.8) is 0 Å². The van der Waals surface area contributed by atoms with Crippen molar-refractivity contribution in [2.24, 2.45) is 0 Å². The monoisotopic (exact) mass is 292 g/mol. The second-order valence-electron chi connectivity index (χ2n) is 5.70. The first-order valence-electron chi connectivity index (χ1n) is 8.03. The molecule has 2 rings (SSSR count). The molecule has 1 fully saturated rings. The summed E-state index contributed by atoms with van der Waals surface area (Å²) in [6.45, 7) is 7.38. The predicted octanol–water partition coefficient (Wildman–Crippen LogP) is 2.37. The molecule has 4 nitrogen and oxygen atoms in total. The third-order valence-electron chi connectivity index (χ3n) is 4.28. The highest BCUT2D eigenvalue weighted by Gasteiger charge is 2.19. The zero-order valence-corrected chi connectivity index (χ0v) is 13.3. The van der Waals surface area contributed by atoms with Crippen LogP contribution in [-0.4, -0.2) is 55.9 Å². The fourth-order valence-corrected chi connectivity index (χ4v) is 2.86. The molecule has 21 heavy (non-hydrogen) atoms. The van der Waals surface area contributed by atoms with Crippen molar-refractivity contribution < 1.29 is 9.84 Å². The van der Waals surface area contributed by atoms with Crippen LogP contribution in [0.2, 0.25) is 0 Å². The second-order valence-corrected chi connectivity index (χ2v) is 5.70. The second kappa shape index (κ2) is 8.25. The zero-order chi connectivity index (χ0) is 15.1. The zero-order valence-electron chi connectivity index (χ0n) is 13.3. The third-order valence-corrected chi connectivity index (χ3v) is 4.28. The van der Waals surface area contributed by atoms with Gasteiger partial charge in [-0.3, -0.25) is 4.90 Å². The summed E-state index contributed by atoms with van der Waals surface area (Å²) in [6, 6.07) is 8.23. The van der Waals surface area contributed by atoms with Crippen LogP contribution >= 0.6 is 0 Å². The van der Waals surface area contributed by atoms with Gasteiger partial charge in [-0.1, -0.05) is 19.1 Å². The van der Waals surface area contributed by atoms with E-state index < -0.39 is 0 Å². The molecule has 1 unspecified atom stereocenters. The predicted molar refractivity (Wildman–Crippen MR) is 87.2 cm³/mol. The van der Waals surface area contributed by atoms with Gasteiger partial charge in [0.2, 0.25) is 0 Å². The highest BCUT2D eigenvalue weighted by molar-refractivity contribution is 5.58. The van der Waals surface area contributed by atoms with Crippen LogP contribution < -0.4 is 9.64 Å². The number of para-hydroxylation sites is 2. The van der Waals surface area contributed by atoms with E-state index in [0.29, 0.717) is 0 Å². The van der Waals surface area contributed by atoms with Crippen molar-refractivity contribution in [2.45, 2.75) is 32.3 Å². The van der Waals surface area contributed by atoms with Gasteiger partial charge in [-0.05, 0) is 37.9 Å². The lowest BCUT2D eigenvalue weighted by atomic mass is 10.1.